The highest BCUT2D eigenvalue weighted by Crippen LogP contribution is 2.06. The third-order valence-corrected chi connectivity index (χ3v) is 1.29. The molecule has 0 spiro atoms. The summed E-state index contributed by atoms with van der Waals surface area (Å²) in [5.74, 6) is -0.863. The van der Waals surface area contributed by atoms with Crippen LogP contribution < -0.4 is 0 Å². The van der Waals surface area contributed by atoms with Gasteiger partial charge in [0.05, 0.1) is 0 Å². The second kappa shape index (κ2) is 6.03. The molecule has 64 valence electrons. The molecule has 0 unspecified atom stereocenters. The van der Waals surface area contributed by atoms with Crippen molar-refractivity contribution in [3.63, 3.8) is 0 Å². The molecule has 0 aromatic rings. The Bertz CT molecular complexity index is 146. The van der Waals surface area contributed by atoms with Crippen LogP contribution in [0.1, 0.15) is 26.7 Å². The fourth-order valence-electron chi connectivity index (χ4n) is 0.349. The molecule has 0 aliphatic carbocycles. The molecule has 0 amide bonds. The Morgan fingerprint density at radius 1 is 1.36 bits per heavy atom. The Morgan fingerprint density at radius 3 is 2.45 bits per heavy atom. The molecule has 0 bridgehead atoms. The van der Waals surface area contributed by atoms with E-state index in [0.29, 0.717) is 18.7 Å². The van der Waals surface area contributed by atoms with Crippen molar-refractivity contribution in [2.45, 2.75) is 26.7 Å². The van der Waals surface area contributed by atoms with Gasteiger partial charge in [0.1, 0.15) is 0 Å². The second-order valence-electron chi connectivity index (χ2n) is 1.85. The zero-order valence-corrected chi connectivity index (χ0v) is 7.27. The summed E-state index contributed by atoms with van der Waals surface area (Å²) in [6, 6.07) is 0. The Kier molecular flexibility index (Phi) is 5.64. The molecule has 0 N–H and O–H groups in total. The van der Waals surface area contributed by atoms with Gasteiger partial charge in [-0.1, -0.05) is 6.92 Å². The lowest BCUT2D eigenvalue weighted by Crippen LogP contribution is -1.99. The summed E-state index contributed by atoms with van der Waals surface area (Å²) < 4.78 is 8.72. The zero-order chi connectivity index (χ0) is 8.69. The molecule has 5 heteroatoms. The maximum absolute atomic E-state index is 10.6. The molecule has 0 rings (SSSR count). The molecular formula is C6H10O4S. The molecule has 0 saturated carbocycles. The van der Waals surface area contributed by atoms with Gasteiger partial charge in [-0.25, -0.2) is 0 Å². The highest BCUT2D eigenvalue weighted by Gasteiger charge is 2.03. The maximum atomic E-state index is 10.6. The predicted molar refractivity (Wildman–Crippen MR) is 40.4 cm³/mol. The van der Waals surface area contributed by atoms with Crippen LogP contribution in [0.25, 0.3) is 0 Å². The van der Waals surface area contributed by atoms with E-state index >= 15 is 0 Å². The van der Waals surface area contributed by atoms with Crippen molar-refractivity contribution in [3.05, 3.63) is 0 Å². The average Bonchev–Trinajstić information content (AvgIpc) is 1.87. The summed E-state index contributed by atoms with van der Waals surface area (Å²) in [6.45, 7) is 3.10. The highest BCUT2D eigenvalue weighted by atomic mass is 32.2. The number of hydrogen-bond acceptors (Lipinski definition) is 5. The van der Waals surface area contributed by atoms with Gasteiger partial charge in [0.25, 0.3) is 12.3 Å². The lowest BCUT2D eigenvalue weighted by Gasteiger charge is -1.97. The Hall–Kier alpha value is -0.710. The Morgan fingerprint density at radius 2 is 2.00 bits per heavy atom. The van der Waals surface area contributed by atoms with Gasteiger partial charge in [-0.3, -0.25) is 9.59 Å². The van der Waals surface area contributed by atoms with Crippen LogP contribution in [0.5, 0.6) is 0 Å². The van der Waals surface area contributed by atoms with Gasteiger partial charge in [0, 0.05) is 13.3 Å². The quantitative estimate of drug-likeness (QED) is 0.610. The van der Waals surface area contributed by atoms with Crippen molar-refractivity contribution in [2.75, 3.05) is 0 Å². The summed E-state index contributed by atoms with van der Waals surface area (Å²) in [6.07, 6.45) is 1.06. The molecule has 0 aliphatic heterocycles. The topological polar surface area (TPSA) is 52.6 Å². The molecule has 0 fully saturated rings. The summed E-state index contributed by atoms with van der Waals surface area (Å²) in [4.78, 5) is 20.7. The molecule has 0 atom stereocenters. The van der Waals surface area contributed by atoms with Crippen molar-refractivity contribution >= 4 is 24.3 Å². The summed E-state index contributed by atoms with van der Waals surface area (Å²) >= 11 is 0.410. The Balaban J connectivity index is 3.24. The van der Waals surface area contributed by atoms with E-state index in [2.05, 4.69) is 8.37 Å². The van der Waals surface area contributed by atoms with Crippen LogP contribution in [0, 0.1) is 0 Å². The standard InChI is InChI=1S/C6H10O4S/c1-3-4-6(8)10-11-9-5(2)7/h3-4H2,1-2H3. The molecule has 0 heterocycles. The van der Waals surface area contributed by atoms with Crippen molar-refractivity contribution in [1.82, 2.24) is 0 Å². The molecule has 0 aliphatic rings. The molecule has 0 aromatic carbocycles. The van der Waals surface area contributed by atoms with Crippen molar-refractivity contribution in [3.8, 4) is 0 Å². The van der Waals surface area contributed by atoms with Crippen LogP contribution in [0.15, 0.2) is 0 Å². The van der Waals surface area contributed by atoms with Crippen LogP contribution in [0.3, 0.4) is 0 Å². The van der Waals surface area contributed by atoms with Crippen LogP contribution in [0.2, 0.25) is 0 Å². The molecular weight excluding hydrogens is 168 g/mol. The van der Waals surface area contributed by atoms with Crippen LogP contribution in [0.4, 0.5) is 0 Å². The summed E-state index contributed by atoms with van der Waals surface area (Å²) in [5, 5.41) is 0. The fraction of sp³-hybridized carbons (Fsp3) is 0.667. The van der Waals surface area contributed by atoms with Gasteiger partial charge in [0.15, 0.2) is 0 Å². The van der Waals surface area contributed by atoms with Crippen molar-refractivity contribution in [1.29, 1.82) is 0 Å². The first-order chi connectivity index (χ1) is 5.16. The van der Waals surface area contributed by atoms with E-state index in [-0.39, 0.29) is 5.97 Å². The number of rotatable bonds is 4. The molecule has 0 saturated heterocycles. The fourth-order valence-corrected chi connectivity index (χ4v) is 0.638. The smallest absolute Gasteiger partial charge is 0.320 e. The van der Waals surface area contributed by atoms with E-state index in [1.54, 1.807) is 0 Å². The minimum Gasteiger partial charge on any atom is -0.355 e. The first kappa shape index (κ1) is 10.3. The summed E-state index contributed by atoms with van der Waals surface area (Å²) in [5.41, 5.74) is 0. The van der Waals surface area contributed by atoms with E-state index in [1.165, 1.54) is 6.92 Å². The number of carbonyl (C=O) groups excluding carboxylic acids is 2. The third kappa shape index (κ3) is 7.18. The SMILES string of the molecule is CCCC(=O)OSOC(C)=O. The first-order valence-electron chi connectivity index (χ1n) is 3.21. The van der Waals surface area contributed by atoms with Gasteiger partial charge in [-0.15, -0.1) is 0 Å². The van der Waals surface area contributed by atoms with Crippen LogP contribution in [-0.2, 0) is 18.0 Å². The minimum absolute atomic E-state index is 0.342. The van der Waals surface area contributed by atoms with E-state index in [9.17, 15) is 9.59 Å². The summed E-state index contributed by atoms with van der Waals surface area (Å²) in [7, 11) is 0. The number of carbonyl (C=O) groups is 2. The van der Waals surface area contributed by atoms with Gasteiger partial charge < -0.3 is 8.37 Å². The minimum atomic E-state index is -0.487. The average molecular weight is 178 g/mol. The third-order valence-electron chi connectivity index (χ3n) is 0.732. The van der Waals surface area contributed by atoms with Gasteiger partial charge in [-0.05, 0) is 6.42 Å². The molecule has 0 radical (unpaired) electrons. The van der Waals surface area contributed by atoms with Crippen molar-refractivity contribution in [2.24, 2.45) is 0 Å². The number of hydrogen-bond donors (Lipinski definition) is 0. The van der Waals surface area contributed by atoms with Gasteiger partial charge in [0.2, 0.25) is 0 Å². The highest BCUT2D eigenvalue weighted by molar-refractivity contribution is 7.90. The predicted octanol–water partition coefficient (Wildman–Crippen LogP) is 1.46. The van der Waals surface area contributed by atoms with Crippen LogP contribution in [-0.4, -0.2) is 11.9 Å². The van der Waals surface area contributed by atoms with Crippen molar-refractivity contribution < 1.29 is 18.0 Å². The lowest BCUT2D eigenvalue weighted by molar-refractivity contribution is -0.134. The van der Waals surface area contributed by atoms with Gasteiger partial charge in [-0.2, -0.15) is 0 Å². The zero-order valence-electron chi connectivity index (χ0n) is 6.46. The maximum Gasteiger partial charge on any atom is 0.320 e. The van der Waals surface area contributed by atoms with E-state index in [4.69, 9.17) is 0 Å². The first-order valence-corrected chi connectivity index (χ1v) is 3.88. The molecule has 11 heavy (non-hydrogen) atoms. The lowest BCUT2D eigenvalue weighted by atomic mass is 10.4. The monoisotopic (exact) mass is 178 g/mol. The van der Waals surface area contributed by atoms with E-state index in [0.717, 1.165) is 6.42 Å². The largest absolute Gasteiger partial charge is 0.355 e. The molecule has 4 nitrogen and oxygen atoms in total. The molecule has 0 aromatic heterocycles. The Labute approximate surface area is 69.7 Å². The van der Waals surface area contributed by atoms with E-state index in [1.807, 2.05) is 6.92 Å². The normalized spacial score (nSPS) is 8.91. The van der Waals surface area contributed by atoms with Crippen LogP contribution >= 0.6 is 12.3 Å². The second-order valence-corrected chi connectivity index (χ2v) is 2.32. The van der Waals surface area contributed by atoms with E-state index < -0.39 is 5.97 Å². The van der Waals surface area contributed by atoms with Gasteiger partial charge >= 0.3 is 11.9 Å².